The van der Waals surface area contributed by atoms with Crippen molar-refractivity contribution < 1.29 is 0 Å². The van der Waals surface area contributed by atoms with Gasteiger partial charge in [0.15, 0.2) is 0 Å². The maximum atomic E-state index is 7.28. The van der Waals surface area contributed by atoms with Crippen molar-refractivity contribution in [2.24, 2.45) is 5.92 Å². The van der Waals surface area contributed by atoms with Gasteiger partial charge in [0.2, 0.25) is 0 Å². The second kappa shape index (κ2) is 7.11. The molecular weight excluding hydrogens is 170 g/mol. The van der Waals surface area contributed by atoms with Crippen molar-refractivity contribution in [3.05, 3.63) is 42.2 Å². The predicted octanol–water partition coefficient (Wildman–Crippen LogP) is 3.90. The fourth-order valence-corrected chi connectivity index (χ4v) is 1.15. The summed E-state index contributed by atoms with van der Waals surface area (Å²) in [6.07, 6.45) is 8.83. The molecule has 0 aromatic rings. The van der Waals surface area contributed by atoms with Crippen molar-refractivity contribution >= 4 is 5.71 Å². The van der Waals surface area contributed by atoms with Gasteiger partial charge in [0.05, 0.1) is 0 Å². The maximum Gasteiger partial charge on any atom is 0.0283 e. The van der Waals surface area contributed by atoms with Gasteiger partial charge >= 0.3 is 0 Å². The fraction of sp³-hybridized carbons (Fsp3) is 0.385. The molecule has 0 aromatic carbocycles. The first-order valence-electron chi connectivity index (χ1n) is 4.84. The summed E-state index contributed by atoms with van der Waals surface area (Å²) in [6, 6.07) is 0. The average molecular weight is 189 g/mol. The third kappa shape index (κ3) is 6.22. The number of nitrogens with one attached hydrogen (secondary N) is 1. The van der Waals surface area contributed by atoms with Gasteiger partial charge in [0, 0.05) is 5.71 Å². The molecule has 76 valence electrons. The Balaban J connectivity index is 4.31. The summed E-state index contributed by atoms with van der Waals surface area (Å²) in [7, 11) is 0. The lowest BCUT2D eigenvalue weighted by Crippen LogP contribution is -1.91. The van der Waals surface area contributed by atoms with Crippen LogP contribution >= 0.6 is 0 Å². The normalized spacial score (nSPS) is 13.8. The van der Waals surface area contributed by atoms with E-state index in [1.165, 1.54) is 5.57 Å². The monoisotopic (exact) mass is 189 g/mol. The average Bonchev–Trinajstić information content (AvgIpc) is 2.12. The zero-order valence-electron chi connectivity index (χ0n) is 9.30. The summed E-state index contributed by atoms with van der Waals surface area (Å²) in [6.45, 7) is 9.48. The third-order valence-corrected chi connectivity index (χ3v) is 1.88. The van der Waals surface area contributed by atoms with E-state index >= 15 is 0 Å². The Hall–Kier alpha value is -1.33. The first kappa shape index (κ1) is 12.7. The van der Waals surface area contributed by atoms with Crippen LogP contribution in [0.25, 0.3) is 0 Å². The highest BCUT2D eigenvalue weighted by atomic mass is 14.4. The number of hydrogen-bond acceptors (Lipinski definition) is 1. The minimum absolute atomic E-state index is 0.453. The van der Waals surface area contributed by atoms with E-state index in [-0.39, 0.29) is 0 Å². The molecule has 0 radical (unpaired) electrons. The quantitative estimate of drug-likeness (QED) is 0.385. The van der Waals surface area contributed by atoms with Gasteiger partial charge in [0.25, 0.3) is 0 Å². The van der Waals surface area contributed by atoms with Gasteiger partial charge in [-0.25, -0.2) is 0 Å². The Labute approximate surface area is 87.0 Å². The van der Waals surface area contributed by atoms with Gasteiger partial charge in [-0.15, -0.1) is 5.73 Å². The summed E-state index contributed by atoms with van der Waals surface area (Å²) in [5.74, 6) is 0.453. The van der Waals surface area contributed by atoms with Crippen LogP contribution in [-0.4, -0.2) is 5.71 Å². The summed E-state index contributed by atoms with van der Waals surface area (Å²) in [5.41, 5.74) is 4.62. The van der Waals surface area contributed by atoms with Crippen LogP contribution in [0.4, 0.5) is 0 Å². The van der Waals surface area contributed by atoms with Crippen LogP contribution in [0, 0.1) is 11.3 Å². The lowest BCUT2D eigenvalue weighted by Gasteiger charge is -2.05. The largest absolute Gasteiger partial charge is 0.306 e. The topological polar surface area (TPSA) is 23.9 Å². The highest BCUT2D eigenvalue weighted by molar-refractivity contribution is 5.90. The van der Waals surface area contributed by atoms with Crippen molar-refractivity contribution in [2.45, 2.75) is 27.2 Å². The van der Waals surface area contributed by atoms with E-state index in [0.717, 1.165) is 6.42 Å². The van der Waals surface area contributed by atoms with Gasteiger partial charge in [-0.05, 0) is 38.3 Å². The zero-order chi connectivity index (χ0) is 11.0. The molecular formula is C13H19N. The van der Waals surface area contributed by atoms with E-state index < -0.39 is 0 Å². The summed E-state index contributed by atoms with van der Waals surface area (Å²) < 4.78 is 0. The Kier molecular flexibility index (Phi) is 6.43. The van der Waals surface area contributed by atoms with Gasteiger partial charge < -0.3 is 5.41 Å². The Morgan fingerprint density at radius 3 is 2.57 bits per heavy atom. The third-order valence-electron chi connectivity index (χ3n) is 1.88. The number of allylic oxidation sites excluding steroid dienone is 5. The standard InChI is InChI=1S/C13H19N/c1-5-7-11(3)10-13(6-2)9-8-12(4)14/h6-9,11,14H,1,10H2,2-4H3/b9-8-,13-6+,14-12?. The second-order valence-corrected chi connectivity index (χ2v) is 3.43. The van der Waals surface area contributed by atoms with E-state index in [2.05, 4.69) is 25.3 Å². The molecule has 0 saturated heterocycles. The molecule has 1 nitrogen and oxygen atoms in total. The highest BCUT2D eigenvalue weighted by Crippen LogP contribution is 2.13. The molecule has 0 amide bonds. The van der Waals surface area contributed by atoms with Gasteiger partial charge in [0.1, 0.15) is 0 Å². The molecule has 0 rings (SSSR count). The minimum Gasteiger partial charge on any atom is -0.306 e. The molecule has 0 fully saturated rings. The molecule has 1 unspecified atom stereocenters. The van der Waals surface area contributed by atoms with Crippen molar-refractivity contribution in [2.75, 3.05) is 0 Å². The van der Waals surface area contributed by atoms with Crippen LogP contribution in [0.3, 0.4) is 0 Å². The van der Waals surface area contributed by atoms with Crippen molar-refractivity contribution in [3.8, 4) is 0 Å². The van der Waals surface area contributed by atoms with E-state index in [1.807, 2.05) is 25.2 Å². The Morgan fingerprint density at radius 1 is 1.50 bits per heavy atom. The van der Waals surface area contributed by atoms with Gasteiger partial charge in [-0.3, -0.25) is 0 Å². The molecule has 0 aliphatic rings. The SMILES string of the molecule is C=C=CC(C)CC(/C=C\C(C)=N)=C/C. The van der Waals surface area contributed by atoms with E-state index in [0.29, 0.717) is 11.6 Å². The van der Waals surface area contributed by atoms with Gasteiger partial charge in [-0.2, -0.15) is 0 Å². The highest BCUT2D eigenvalue weighted by Gasteiger charge is 1.98. The molecule has 14 heavy (non-hydrogen) atoms. The first-order valence-corrected chi connectivity index (χ1v) is 4.84. The van der Waals surface area contributed by atoms with Crippen LogP contribution in [0.2, 0.25) is 0 Å². The Morgan fingerprint density at radius 2 is 2.14 bits per heavy atom. The van der Waals surface area contributed by atoms with Crippen molar-refractivity contribution in [1.82, 2.24) is 0 Å². The second-order valence-electron chi connectivity index (χ2n) is 3.43. The molecule has 0 aromatic heterocycles. The lowest BCUT2D eigenvalue weighted by atomic mass is 10.0. The Bertz CT molecular complexity index is 288. The summed E-state index contributed by atoms with van der Waals surface area (Å²) >= 11 is 0. The van der Waals surface area contributed by atoms with Crippen molar-refractivity contribution in [3.63, 3.8) is 0 Å². The molecule has 0 aliphatic carbocycles. The molecule has 1 atom stereocenters. The number of rotatable bonds is 5. The molecule has 0 saturated carbocycles. The van der Waals surface area contributed by atoms with Crippen LogP contribution in [0.15, 0.2) is 42.2 Å². The van der Waals surface area contributed by atoms with E-state index in [4.69, 9.17) is 5.41 Å². The smallest absolute Gasteiger partial charge is 0.0283 e. The molecule has 0 heterocycles. The molecule has 1 heteroatoms. The first-order chi connectivity index (χ1) is 6.60. The fourth-order valence-electron chi connectivity index (χ4n) is 1.15. The molecule has 0 bridgehead atoms. The van der Waals surface area contributed by atoms with Crippen LogP contribution < -0.4 is 0 Å². The zero-order valence-corrected chi connectivity index (χ0v) is 9.30. The van der Waals surface area contributed by atoms with E-state index in [1.54, 1.807) is 6.92 Å². The van der Waals surface area contributed by atoms with E-state index in [9.17, 15) is 0 Å². The lowest BCUT2D eigenvalue weighted by molar-refractivity contribution is 0.727. The minimum atomic E-state index is 0.453. The predicted molar refractivity (Wildman–Crippen MR) is 63.8 cm³/mol. The molecule has 0 aliphatic heterocycles. The number of hydrogen-bond donors (Lipinski definition) is 1. The van der Waals surface area contributed by atoms with Gasteiger partial charge in [-0.1, -0.05) is 31.2 Å². The van der Waals surface area contributed by atoms with Crippen molar-refractivity contribution in [1.29, 1.82) is 5.41 Å². The molecule has 0 spiro atoms. The van der Waals surface area contributed by atoms with Crippen LogP contribution in [0.5, 0.6) is 0 Å². The summed E-state index contributed by atoms with van der Waals surface area (Å²) in [5, 5.41) is 7.28. The van der Waals surface area contributed by atoms with Crippen LogP contribution in [0.1, 0.15) is 27.2 Å². The maximum absolute atomic E-state index is 7.28. The summed E-state index contributed by atoms with van der Waals surface area (Å²) in [4.78, 5) is 0. The molecule has 1 N–H and O–H groups in total. The van der Waals surface area contributed by atoms with Crippen LogP contribution in [-0.2, 0) is 0 Å².